The number of carboxylic acid groups (broad SMARTS) is 2. The van der Waals surface area contributed by atoms with Gasteiger partial charge in [0.05, 0.1) is 12.1 Å². The molecule has 11 heteroatoms. The number of imide groups is 1. The van der Waals surface area contributed by atoms with Crippen LogP contribution in [-0.4, -0.2) is 68.7 Å². The first kappa shape index (κ1) is 21.2. The van der Waals surface area contributed by atoms with Gasteiger partial charge in [0.25, 0.3) is 0 Å². The number of hydrogen-bond donors (Lipinski definition) is 4. The number of rotatable bonds is 9. The van der Waals surface area contributed by atoms with Crippen molar-refractivity contribution in [3.63, 3.8) is 0 Å². The van der Waals surface area contributed by atoms with E-state index in [2.05, 4.69) is 5.32 Å². The van der Waals surface area contributed by atoms with Crippen molar-refractivity contribution in [1.82, 2.24) is 10.2 Å². The summed E-state index contributed by atoms with van der Waals surface area (Å²) in [7, 11) is 0. The maximum Gasteiger partial charge on any atom is 0.326 e. The van der Waals surface area contributed by atoms with Gasteiger partial charge in [-0.15, -0.1) is 0 Å². The first-order valence-electron chi connectivity index (χ1n) is 7.87. The number of nitrogens with one attached hydrogen (secondary N) is 1. The number of aliphatic carboxylic acids is 2. The first-order chi connectivity index (χ1) is 12.0. The van der Waals surface area contributed by atoms with Crippen molar-refractivity contribution in [3.05, 3.63) is 0 Å². The van der Waals surface area contributed by atoms with E-state index >= 15 is 0 Å². The number of carboxylic acids is 2. The first-order valence-corrected chi connectivity index (χ1v) is 7.87. The highest BCUT2D eigenvalue weighted by molar-refractivity contribution is 6.17. The quantitative estimate of drug-likeness (QED) is 0.265. The zero-order valence-electron chi connectivity index (χ0n) is 14.3. The molecule has 0 unspecified atom stereocenters. The molecule has 0 spiro atoms. The molecule has 26 heavy (non-hydrogen) atoms. The number of ketones is 1. The standard InChI is InChI=1S/C15H21N3O8/c1-6(16)13(23)17-9(3-4-11(20)21)12(22)8-5-10(19)18(14(8)24)7(2)15(25)26/h6-9H,3-5,16H2,1-2H3,(H,17,23)(H,20,21)(H,25,26)/t6-,7-,8+,9-/m0/s1. The largest absolute Gasteiger partial charge is 0.481 e. The molecular formula is C15H21N3O8. The fraction of sp³-hybridized carbons (Fsp3) is 0.600. The molecule has 5 N–H and O–H groups in total. The number of amides is 3. The van der Waals surface area contributed by atoms with Crippen LogP contribution in [0.3, 0.4) is 0 Å². The second-order valence-electron chi connectivity index (χ2n) is 6.06. The molecular weight excluding hydrogens is 350 g/mol. The number of nitrogens with two attached hydrogens (primary N) is 1. The van der Waals surface area contributed by atoms with Crippen LogP contribution in [0.1, 0.15) is 33.1 Å². The molecule has 1 aliphatic rings. The van der Waals surface area contributed by atoms with Crippen LogP contribution in [0.25, 0.3) is 0 Å². The molecule has 3 amide bonds. The molecule has 1 fully saturated rings. The third kappa shape index (κ3) is 4.85. The Kier molecular flexibility index (Phi) is 6.95. The minimum Gasteiger partial charge on any atom is -0.481 e. The average Bonchev–Trinajstić information content (AvgIpc) is 2.83. The highest BCUT2D eigenvalue weighted by Crippen LogP contribution is 2.25. The summed E-state index contributed by atoms with van der Waals surface area (Å²) in [5.41, 5.74) is 5.40. The molecule has 4 atom stereocenters. The van der Waals surface area contributed by atoms with E-state index in [9.17, 15) is 28.8 Å². The van der Waals surface area contributed by atoms with Crippen molar-refractivity contribution in [3.8, 4) is 0 Å². The van der Waals surface area contributed by atoms with E-state index in [1.54, 1.807) is 0 Å². The molecule has 0 aromatic carbocycles. The van der Waals surface area contributed by atoms with Gasteiger partial charge in [0.1, 0.15) is 12.0 Å². The molecule has 144 valence electrons. The number of carbonyl (C=O) groups is 6. The second kappa shape index (κ2) is 8.52. The molecule has 0 saturated carbocycles. The summed E-state index contributed by atoms with van der Waals surface area (Å²) in [5, 5.41) is 20.0. The van der Waals surface area contributed by atoms with Crippen LogP contribution >= 0.6 is 0 Å². The topological polar surface area (TPSA) is 184 Å². The fourth-order valence-electron chi connectivity index (χ4n) is 2.49. The Balaban J connectivity index is 3.01. The van der Waals surface area contributed by atoms with Gasteiger partial charge in [-0.1, -0.05) is 0 Å². The molecule has 0 aromatic rings. The van der Waals surface area contributed by atoms with Gasteiger partial charge < -0.3 is 21.3 Å². The predicted octanol–water partition coefficient (Wildman–Crippen LogP) is -1.90. The van der Waals surface area contributed by atoms with Crippen LogP contribution in [0.5, 0.6) is 0 Å². The normalized spacial score (nSPS) is 20.4. The minimum absolute atomic E-state index is 0.293. The smallest absolute Gasteiger partial charge is 0.326 e. The Hall–Kier alpha value is -2.82. The Labute approximate surface area is 148 Å². The van der Waals surface area contributed by atoms with Gasteiger partial charge in [-0.2, -0.15) is 0 Å². The summed E-state index contributed by atoms with van der Waals surface area (Å²) < 4.78 is 0. The summed E-state index contributed by atoms with van der Waals surface area (Å²) in [5.74, 6) is -7.47. The SMILES string of the molecule is C[C@H](N)C(=O)N[C@@H](CCC(=O)O)C(=O)[C@H]1CC(=O)N([C@@H](C)C(=O)O)C1=O. The van der Waals surface area contributed by atoms with Gasteiger partial charge in [-0.25, -0.2) is 4.79 Å². The van der Waals surface area contributed by atoms with E-state index in [0.717, 1.165) is 6.92 Å². The maximum absolute atomic E-state index is 12.6. The van der Waals surface area contributed by atoms with E-state index in [4.69, 9.17) is 15.9 Å². The number of likely N-dealkylation sites (tertiary alicyclic amines) is 1. The third-order valence-electron chi connectivity index (χ3n) is 3.99. The Bertz CT molecular complexity index is 645. The number of nitrogens with zero attached hydrogens (tertiary/aromatic N) is 1. The molecule has 1 heterocycles. The van der Waals surface area contributed by atoms with E-state index in [1.165, 1.54) is 6.92 Å². The van der Waals surface area contributed by atoms with E-state index in [1.807, 2.05) is 0 Å². The molecule has 0 aromatic heterocycles. The molecule has 1 saturated heterocycles. The molecule has 1 rings (SSSR count). The van der Waals surface area contributed by atoms with E-state index in [0.29, 0.717) is 4.90 Å². The van der Waals surface area contributed by atoms with Crippen molar-refractivity contribution in [2.24, 2.45) is 11.7 Å². The Morgan fingerprint density at radius 1 is 1.23 bits per heavy atom. The van der Waals surface area contributed by atoms with Gasteiger partial charge in [0, 0.05) is 12.8 Å². The predicted molar refractivity (Wildman–Crippen MR) is 84.5 cm³/mol. The lowest BCUT2D eigenvalue weighted by molar-refractivity contribution is -0.154. The van der Waals surface area contributed by atoms with Crippen LogP contribution in [0.15, 0.2) is 0 Å². The summed E-state index contributed by atoms with van der Waals surface area (Å²) in [6, 6.07) is -3.74. The van der Waals surface area contributed by atoms with Crippen molar-refractivity contribution in [1.29, 1.82) is 0 Å². The third-order valence-corrected chi connectivity index (χ3v) is 3.99. The highest BCUT2D eigenvalue weighted by atomic mass is 16.4. The monoisotopic (exact) mass is 371 g/mol. The average molecular weight is 371 g/mol. The van der Waals surface area contributed by atoms with Crippen molar-refractivity contribution >= 4 is 35.4 Å². The molecule has 11 nitrogen and oxygen atoms in total. The lowest BCUT2D eigenvalue weighted by Crippen LogP contribution is -2.50. The van der Waals surface area contributed by atoms with Gasteiger partial charge in [0.15, 0.2) is 5.78 Å². The van der Waals surface area contributed by atoms with Gasteiger partial charge in [0.2, 0.25) is 17.7 Å². The van der Waals surface area contributed by atoms with Crippen LogP contribution in [0.4, 0.5) is 0 Å². The van der Waals surface area contributed by atoms with E-state index < -0.39 is 72.3 Å². The molecule has 0 radical (unpaired) electrons. The van der Waals surface area contributed by atoms with Crippen molar-refractivity contribution in [2.45, 2.75) is 51.2 Å². The van der Waals surface area contributed by atoms with E-state index in [-0.39, 0.29) is 6.42 Å². The van der Waals surface area contributed by atoms with Gasteiger partial charge >= 0.3 is 11.9 Å². The number of Topliss-reactive ketones (excluding diaryl/α,β-unsaturated/α-hetero) is 1. The van der Waals surface area contributed by atoms with Crippen LogP contribution in [-0.2, 0) is 28.8 Å². The van der Waals surface area contributed by atoms with Crippen molar-refractivity contribution in [2.75, 3.05) is 0 Å². The Morgan fingerprint density at radius 2 is 1.81 bits per heavy atom. The van der Waals surface area contributed by atoms with Crippen molar-refractivity contribution < 1.29 is 39.0 Å². The Morgan fingerprint density at radius 3 is 2.27 bits per heavy atom. The number of hydrogen-bond acceptors (Lipinski definition) is 7. The number of carbonyl (C=O) groups excluding carboxylic acids is 4. The zero-order valence-corrected chi connectivity index (χ0v) is 14.3. The van der Waals surface area contributed by atoms with Gasteiger partial charge in [-0.05, 0) is 20.3 Å². The maximum atomic E-state index is 12.6. The molecule has 1 aliphatic heterocycles. The highest BCUT2D eigenvalue weighted by Gasteiger charge is 2.48. The summed E-state index contributed by atoms with van der Waals surface area (Å²) in [4.78, 5) is 70.9. The fourth-order valence-corrected chi connectivity index (χ4v) is 2.49. The summed E-state index contributed by atoms with van der Waals surface area (Å²) >= 11 is 0. The summed E-state index contributed by atoms with van der Waals surface area (Å²) in [6.07, 6.45) is -1.29. The molecule has 0 bridgehead atoms. The van der Waals surface area contributed by atoms with Crippen LogP contribution < -0.4 is 11.1 Å². The lowest BCUT2D eigenvalue weighted by Gasteiger charge is -2.22. The minimum atomic E-state index is -1.48. The molecule has 0 aliphatic carbocycles. The lowest BCUT2D eigenvalue weighted by atomic mass is 9.93. The van der Waals surface area contributed by atoms with Gasteiger partial charge in [-0.3, -0.25) is 28.9 Å². The van der Waals surface area contributed by atoms with Crippen LogP contribution in [0, 0.1) is 5.92 Å². The second-order valence-corrected chi connectivity index (χ2v) is 6.06. The zero-order chi connectivity index (χ0) is 20.2. The summed E-state index contributed by atoms with van der Waals surface area (Å²) in [6.45, 7) is 2.49. The van der Waals surface area contributed by atoms with Crippen LogP contribution in [0.2, 0.25) is 0 Å².